The molecule has 0 aliphatic carbocycles. The molecule has 1 N–H and O–H groups in total. The van der Waals surface area contributed by atoms with Gasteiger partial charge in [0, 0.05) is 30.6 Å². The summed E-state index contributed by atoms with van der Waals surface area (Å²) < 4.78 is 2.38. The third-order valence-corrected chi connectivity index (χ3v) is 4.92. The molecular weight excluding hydrogens is 218 g/mol. The van der Waals surface area contributed by atoms with Crippen molar-refractivity contribution < 1.29 is 0 Å². The van der Waals surface area contributed by atoms with E-state index in [1.165, 1.54) is 24.3 Å². The molecule has 2 heterocycles. The van der Waals surface area contributed by atoms with Crippen molar-refractivity contribution in [1.29, 1.82) is 0 Å². The van der Waals surface area contributed by atoms with E-state index in [0.29, 0.717) is 10.8 Å². The Hall–Kier alpha value is -0.480. The zero-order chi connectivity index (χ0) is 11.6. The van der Waals surface area contributed by atoms with Gasteiger partial charge in [-0.05, 0) is 38.5 Å². The van der Waals surface area contributed by atoms with Crippen LogP contribution in [0.1, 0.15) is 38.4 Å². The average molecular weight is 239 g/mol. The molecule has 1 fully saturated rings. The third kappa shape index (κ3) is 2.61. The highest BCUT2D eigenvalue weighted by Gasteiger charge is 2.29. The summed E-state index contributed by atoms with van der Waals surface area (Å²) in [5.74, 6) is 1.32. The molecule has 0 saturated carbocycles. The van der Waals surface area contributed by atoms with Crippen molar-refractivity contribution in [2.75, 3.05) is 12.3 Å². The van der Waals surface area contributed by atoms with E-state index in [-0.39, 0.29) is 0 Å². The largest absolute Gasteiger partial charge is 0.307 e. The van der Waals surface area contributed by atoms with E-state index < -0.39 is 0 Å². The summed E-state index contributed by atoms with van der Waals surface area (Å²) in [4.78, 5) is 0. The van der Waals surface area contributed by atoms with Gasteiger partial charge in [0.25, 0.3) is 0 Å². The summed E-state index contributed by atoms with van der Waals surface area (Å²) in [7, 11) is 2.00. The van der Waals surface area contributed by atoms with Gasteiger partial charge < -0.3 is 5.32 Å². The molecule has 90 valence electrons. The van der Waals surface area contributed by atoms with Gasteiger partial charge in [-0.25, -0.2) is 0 Å². The number of aromatic nitrogens is 2. The minimum atomic E-state index is 0.380. The van der Waals surface area contributed by atoms with Crippen molar-refractivity contribution in [3.8, 4) is 0 Å². The Kier molecular flexibility index (Phi) is 3.60. The fourth-order valence-electron chi connectivity index (χ4n) is 2.26. The van der Waals surface area contributed by atoms with Gasteiger partial charge in [-0.2, -0.15) is 16.9 Å². The van der Waals surface area contributed by atoms with Gasteiger partial charge in [-0.3, -0.25) is 4.68 Å². The standard InChI is InChI=1S/C12H21N3S/c1-10(11-5-7-14-15(11)3)13-9-12(2)6-4-8-16-12/h5,7,10,13H,4,6,8-9H2,1-3H3. The summed E-state index contributed by atoms with van der Waals surface area (Å²) >= 11 is 2.10. The van der Waals surface area contributed by atoms with Gasteiger partial charge in [0.1, 0.15) is 0 Å². The number of hydrogen-bond acceptors (Lipinski definition) is 3. The molecule has 2 atom stereocenters. The van der Waals surface area contributed by atoms with Crippen molar-refractivity contribution in [2.45, 2.75) is 37.5 Å². The van der Waals surface area contributed by atoms with Crippen LogP contribution in [0, 0.1) is 0 Å². The quantitative estimate of drug-likeness (QED) is 0.875. The zero-order valence-electron chi connectivity index (χ0n) is 10.4. The molecule has 2 rings (SSSR count). The van der Waals surface area contributed by atoms with Crippen LogP contribution in [-0.2, 0) is 7.05 Å². The maximum atomic E-state index is 4.21. The van der Waals surface area contributed by atoms with E-state index in [4.69, 9.17) is 0 Å². The van der Waals surface area contributed by atoms with Gasteiger partial charge in [0.05, 0.1) is 5.69 Å². The molecule has 0 radical (unpaired) electrons. The predicted molar refractivity (Wildman–Crippen MR) is 69.7 cm³/mol. The van der Waals surface area contributed by atoms with Crippen LogP contribution < -0.4 is 5.32 Å². The second-order valence-corrected chi connectivity index (χ2v) is 6.57. The Labute approximate surface area is 102 Å². The van der Waals surface area contributed by atoms with Crippen molar-refractivity contribution in [2.24, 2.45) is 7.05 Å². The van der Waals surface area contributed by atoms with Gasteiger partial charge >= 0.3 is 0 Å². The molecule has 0 spiro atoms. The monoisotopic (exact) mass is 239 g/mol. The van der Waals surface area contributed by atoms with Crippen LogP contribution in [0.4, 0.5) is 0 Å². The molecule has 1 aromatic heterocycles. The molecule has 1 aliphatic rings. The molecule has 4 heteroatoms. The Bertz CT molecular complexity index is 342. The number of thioether (sulfide) groups is 1. The lowest BCUT2D eigenvalue weighted by Crippen LogP contribution is -2.35. The van der Waals surface area contributed by atoms with Crippen molar-refractivity contribution in [3.05, 3.63) is 18.0 Å². The SMILES string of the molecule is CC(NCC1(C)CCCS1)c1ccnn1C. The third-order valence-electron chi connectivity index (χ3n) is 3.39. The van der Waals surface area contributed by atoms with Crippen molar-refractivity contribution in [3.63, 3.8) is 0 Å². The second-order valence-electron chi connectivity index (χ2n) is 4.88. The second kappa shape index (κ2) is 4.80. The van der Waals surface area contributed by atoms with Crippen LogP contribution in [0.2, 0.25) is 0 Å². The topological polar surface area (TPSA) is 29.9 Å². The van der Waals surface area contributed by atoms with Crippen LogP contribution >= 0.6 is 11.8 Å². The summed E-state index contributed by atoms with van der Waals surface area (Å²) in [6, 6.07) is 2.47. The fraction of sp³-hybridized carbons (Fsp3) is 0.750. The highest BCUT2D eigenvalue weighted by molar-refractivity contribution is 8.00. The molecular formula is C12H21N3S. The lowest BCUT2D eigenvalue weighted by molar-refractivity contribution is 0.472. The predicted octanol–water partition coefficient (Wildman–Crippen LogP) is 2.36. The molecule has 3 nitrogen and oxygen atoms in total. The maximum Gasteiger partial charge on any atom is 0.0547 e. The number of rotatable bonds is 4. The van der Waals surface area contributed by atoms with Crippen molar-refractivity contribution >= 4 is 11.8 Å². The normalized spacial score (nSPS) is 27.2. The molecule has 16 heavy (non-hydrogen) atoms. The minimum Gasteiger partial charge on any atom is -0.307 e. The summed E-state index contributed by atoms with van der Waals surface area (Å²) in [6.45, 7) is 5.66. The smallest absolute Gasteiger partial charge is 0.0547 e. The first-order valence-corrected chi connectivity index (χ1v) is 6.94. The number of aryl methyl sites for hydroxylation is 1. The molecule has 0 bridgehead atoms. The summed E-state index contributed by atoms with van der Waals surface area (Å²) in [5.41, 5.74) is 1.26. The van der Waals surface area contributed by atoms with E-state index in [9.17, 15) is 0 Å². The maximum absolute atomic E-state index is 4.21. The summed E-state index contributed by atoms with van der Waals surface area (Å²) in [5, 5.41) is 7.83. The molecule has 1 saturated heterocycles. The number of nitrogens with zero attached hydrogens (tertiary/aromatic N) is 2. The molecule has 1 aliphatic heterocycles. The Morgan fingerprint density at radius 2 is 2.50 bits per heavy atom. The van der Waals surface area contributed by atoms with E-state index in [1.54, 1.807) is 0 Å². The molecule has 1 aromatic rings. The first kappa shape index (κ1) is 12.0. The van der Waals surface area contributed by atoms with E-state index in [1.807, 2.05) is 17.9 Å². The van der Waals surface area contributed by atoms with Crippen molar-refractivity contribution in [1.82, 2.24) is 15.1 Å². The molecule has 2 unspecified atom stereocenters. The average Bonchev–Trinajstić information content (AvgIpc) is 2.85. The van der Waals surface area contributed by atoms with Gasteiger partial charge in [0.2, 0.25) is 0 Å². The van der Waals surface area contributed by atoms with Crippen LogP contribution in [0.25, 0.3) is 0 Å². The highest BCUT2D eigenvalue weighted by atomic mass is 32.2. The van der Waals surface area contributed by atoms with Crippen LogP contribution in [-0.4, -0.2) is 26.8 Å². The molecule has 0 aromatic carbocycles. The summed E-state index contributed by atoms with van der Waals surface area (Å²) in [6.07, 6.45) is 4.56. The van der Waals surface area contributed by atoms with E-state index in [2.05, 4.69) is 42.1 Å². The van der Waals surface area contributed by atoms with E-state index >= 15 is 0 Å². The first-order chi connectivity index (χ1) is 7.61. The Balaban J connectivity index is 1.88. The zero-order valence-corrected chi connectivity index (χ0v) is 11.2. The van der Waals surface area contributed by atoms with Crippen LogP contribution in [0.3, 0.4) is 0 Å². The van der Waals surface area contributed by atoms with E-state index in [0.717, 1.165) is 6.54 Å². The number of hydrogen-bond donors (Lipinski definition) is 1. The molecule has 0 amide bonds. The Morgan fingerprint density at radius 3 is 3.06 bits per heavy atom. The first-order valence-electron chi connectivity index (χ1n) is 5.96. The minimum absolute atomic E-state index is 0.380. The van der Waals surface area contributed by atoms with Gasteiger partial charge in [0.15, 0.2) is 0 Å². The number of nitrogens with one attached hydrogen (secondary N) is 1. The lowest BCUT2D eigenvalue weighted by atomic mass is 10.1. The lowest BCUT2D eigenvalue weighted by Gasteiger charge is -2.25. The highest BCUT2D eigenvalue weighted by Crippen LogP contribution is 2.37. The Morgan fingerprint density at radius 1 is 1.69 bits per heavy atom. The van der Waals surface area contributed by atoms with Gasteiger partial charge in [-0.1, -0.05) is 0 Å². The fourth-order valence-corrected chi connectivity index (χ4v) is 3.51. The van der Waals surface area contributed by atoms with Crippen LogP contribution in [0.5, 0.6) is 0 Å². The van der Waals surface area contributed by atoms with Gasteiger partial charge in [-0.15, -0.1) is 0 Å². The van der Waals surface area contributed by atoms with Crippen LogP contribution in [0.15, 0.2) is 12.3 Å².